The van der Waals surface area contributed by atoms with Gasteiger partial charge in [0.1, 0.15) is 10.8 Å². The molecule has 3 heterocycles. The Balaban J connectivity index is 1.60. The molecule has 2 aromatic carbocycles. The standard InChI is InChI=1S/C23H15Cl2N5O2/c1-13-4-9-18-16(11-13)19(21(25)30(18)12-14-5-7-15(24)8-6-14)20(31)23-27-22(29-32-23)17-3-2-10-26-28-17/h2-11H,12H2,1H3. The Kier molecular flexibility index (Phi) is 5.20. The van der Waals surface area contributed by atoms with E-state index in [2.05, 4.69) is 20.3 Å². The molecule has 7 nitrogen and oxygen atoms in total. The summed E-state index contributed by atoms with van der Waals surface area (Å²) in [6.45, 7) is 2.43. The topological polar surface area (TPSA) is 86.7 Å². The lowest BCUT2D eigenvalue weighted by Crippen LogP contribution is -2.04. The van der Waals surface area contributed by atoms with E-state index in [-0.39, 0.29) is 11.7 Å². The monoisotopic (exact) mass is 463 g/mol. The third kappa shape index (κ3) is 3.66. The fourth-order valence-corrected chi connectivity index (χ4v) is 3.99. The van der Waals surface area contributed by atoms with Crippen LogP contribution in [0.2, 0.25) is 10.2 Å². The number of carbonyl (C=O) groups excluding carboxylic acids is 1. The summed E-state index contributed by atoms with van der Waals surface area (Å²) in [4.78, 5) is 17.6. The van der Waals surface area contributed by atoms with Crippen LogP contribution < -0.4 is 0 Å². The minimum Gasteiger partial charge on any atom is -0.330 e. The van der Waals surface area contributed by atoms with Crippen molar-refractivity contribution in [3.63, 3.8) is 0 Å². The maximum Gasteiger partial charge on any atom is 0.299 e. The summed E-state index contributed by atoms with van der Waals surface area (Å²) >= 11 is 12.8. The van der Waals surface area contributed by atoms with Crippen molar-refractivity contribution < 1.29 is 9.32 Å². The highest BCUT2D eigenvalue weighted by Gasteiger charge is 2.27. The molecule has 0 aliphatic rings. The molecule has 0 N–H and O–H groups in total. The molecular formula is C23H15Cl2N5O2. The first-order valence-electron chi connectivity index (χ1n) is 9.70. The van der Waals surface area contributed by atoms with Crippen LogP contribution in [0.15, 0.2) is 65.3 Å². The summed E-state index contributed by atoms with van der Waals surface area (Å²) in [5, 5.41) is 13.3. The number of carbonyl (C=O) groups is 1. The lowest BCUT2D eigenvalue weighted by molar-refractivity contribution is 0.0995. The predicted octanol–water partition coefficient (Wildman–Crippen LogP) is 5.38. The van der Waals surface area contributed by atoms with Crippen molar-refractivity contribution in [2.75, 3.05) is 0 Å². The maximum absolute atomic E-state index is 13.4. The number of rotatable bonds is 5. The lowest BCUT2D eigenvalue weighted by Gasteiger charge is -2.08. The van der Waals surface area contributed by atoms with Crippen LogP contribution >= 0.6 is 23.2 Å². The third-order valence-electron chi connectivity index (χ3n) is 5.06. The number of aryl methyl sites for hydroxylation is 1. The SMILES string of the molecule is Cc1ccc2c(c1)c(C(=O)c1nc(-c3cccnn3)no1)c(Cl)n2Cc1ccc(Cl)cc1. The van der Waals surface area contributed by atoms with Gasteiger partial charge in [0.15, 0.2) is 0 Å². The van der Waals surface area contributed by atoms with Gasteiger partial charge in [-0.3, -0.25) is 4.79 Å². The minimum absolute atomic E-state index is 0.167. The van der Waals surface area contributed by atoms with Gasteiger partial charge in [0.05, 0.1) is 11.1 Å². The molecule has 158 valence electrons. The second-order valence-corrected chi connectivity index (χ2v) is 8.05. The van der Waals surface area contributed by atoms with Crippen molar-refractivity contribution in [2.45, 2.75) is 13.5 Å². The molecule has 0 atom stereocenters. The smallest absolute Gasteiger partial charge is 0.299 e. The predicted molar refractivity (Wildman–Crippen MR) is 121 cm³/mol. The molecule has 0 radical (unpaired) electrons. The maximum atomic E-state index is 13.4. The first kappa shape index (κ1) is 20.4. The molecule has 3 aromatic heterocycles. The van der Waals surface area contributed by atoms with E-state index in [1.165, 1.54) is 6.20 Å². The van der Waals surface area contributed by atoms with Crippen LogP contribution in [0.5, 0.6) is 0 Å². The molecule has 0 amide bonds. The molecule has 0 fully saturated rings. The van der Waals surface area contributed by atoms with E-state index in [0.29, 0.717) is 33.4 Å². The molecule has 0 unspecified atom stereocenters. The quantitative estimate of drug-likeness (QED) is 0.325. The van der Waals surface area contributed by atoms with Crippen LogP contribution in [-0.4, -0.2) is 30.7 Å². The molecule has 0 saturated heterocycles. The molecule has 0 spiro atoms. The van der Waals surface area contributed by atoms with Crippen LogP contribution in [-0.2, 0) is 6.54 Å². The minimum atomic E-state index is -0.455. The van der Waals surface area contributed by atoms with E-state index >= 15 is 0 Å². The summed E-state index contributed by atoms with van der Waals surface area (Å²) in [7, 11) is 0. The van der Waals surface area contributed by atoms with E-state index in [1.807, 2.05) is 54.0 Å². The molecule has 0 aliphatic heterocycles. The second kappa shape index (κ2) is 8.18. The average Bonchev–Trinajstić information content (AvgIpc) is 3.39. The van der Waals surface area contributed by atoms with Gasteiger partial charge in [0.2, 0.25) is 5.82 Å². The van der Waals surface area contributed by atoms with Crippen molar-refractivity contribution in [1.29, 1.82) is 0 Å². The normalized spacial score (nSPS) is 11.2. The first-order valence-corrected chi connectivity index (χ1v) is 10.5. The molecular weight excluding hydrogens is 449 g/mol. The Bertz CT molecular complexity index is 1440. The summed E-state index contributed by atoms with van der Waals surface area (Å²) in [5.41, 5.74) is 3.54. The summed E-state index contributed by atoms with van der Waals surface area (Å²) in [5.74, 6) is -0.443. The van der Waals surface area contributed by atoms with E-state index in [0.717, 1.165) is 16.6 Å². The second-order valence-electron chi connectivity index (χ2n) is 7.26. The zero-order valence-electron chi connectivity index (χ0n) is 16.8. The number of nitrogens with zero attached hydrogens (tertiary/aromatic N) is 5. The highest BCUT2D eigenvalue weighted by molar-refractivity contribution is 6.36. The van der Waals surface area contributed by atoms with Gasteiger partial charge in [-0.05, 0) is 48.9 Å². The van der Waals surface area contributed by atoms with Gasteiger partial charge < -0.3 is 9.09 Å². The zero-order chi connectivity index (χ0) is 22.2. The Morgan fingerprint density at radius 3 is 2.66 bits per heavy atom. The van der Waals surface area contributed by atoms with E-state index < -0.39 is 5.78 Å². The molecule has 0 bridgehead atoms. The van der Waals surface area contributed by atoms with Crippen LogP contribution in [0.4, 0.5) is 0 Å². The summed E-state index contributed by atoms with van der Waals surface area (Å²) in [6, 6.07) is 16.7. The van der Waals surface area contributed by atoms with Crippen LogP contribution in [0.3, 0.4) is 0 Å². The van der Waals surface area contributed by atoms with Gasteiger partial charge >= 0.3 is 0 Å². The molecule has 5 rings (SSSR count). The van der Waals surface area contributed by atoms with Crippen molar-refractivity contribution in [3.8, 4) is 11.5 Å². The van der Waals surface area contributed by atoms with Gasteiger partial charge in [-0.1, -0.05) is 52.1 Å². The Hall–Kier alpha value is -3.55. The van der Waals surface area contributed by atoms with Gasteiger partial charge in [-0.2, -0.15) is 10.1 Å². The molecule has 5 aromatic rings. The zero-order valence-corrected chi connectivity index (χ0v) is 18.3. The molecule has 0 saturated carbocycles. The Labute approximate surface area is 192 Å². The fourth-order valence-electron chi connectivity index (χ4n) is 3.53. The number of benzene rings is 2. The average molecular weight is 464 g/mol. The largest absolute Gasteiger partial charge is 0.330 e. The lowest BCUT2D eigenvalue weighted by atomic mass is 10.1. The van der Waals surface area contributed by atoms with E-state index in [4.69, 9.17) is 27.7 Å². The van der Waals surface area contributed by atoms with Crippen molar-refractivity contribution in [1.82, 2.24) is 24.9 Å². The Morgan fingerprint density at radius 2 is 1.91 bits per heavy atom. The highest BCUT2D eigenvalue weighted by Crippen LogP contribution is 2.33. The number of hydrogen-bond donors (Lipinski definition) is 0. The number of hydrogen-bond acceptors (Lipinski definition) is 6. The summed E-state index contributed by atoms with van der Waals surface area (Å²) in [6.07, 6.45) is 1.54. The molecule has 0 aliphatic carbocycles. The van der Waals surface area contributed by atoms with Gasteiger partial charge in [-0.25, -0.2) is 0 Å². The van der Waals surface area contributed by atoms with Crippen molar-refractivity contribution in [2.24, 2.45) is 0 Å². The number of aromatic nitrogens is 5. The molecule has 32 heavy (non-hydrogen) atoms. The first-order chi connectivity index (χ1) is 15.5. The number of ketones is 1. The highest BCUT2D eigenvalue weighted by atomic mass is 35.5. The molecule has 9 heteroatoms. The van der Waals surface area contributed by atoms with Crippen LogP contribution in [0.1, 0.15) is 27.4 Å². The van der Waals surface area contributed by atoms with Crippen molar-refractivity contribution in [3.05, 3.63) is 93.6 Å². The van der Waals surface area contributed by atoms with Gasteiger partial charge in [-0.15, -0.1) is 5.10 Å². The van der Waals surface area contributed by atoms with Crippen LogP contribution in [0.25, 0.3) is 22.4 Å². The Morgan fingerprint density at radius 1 is 1.09 bits per heavy atom. The van der Waals surface area contributed by atoms with E-state index in [9.17, 15) is 4.79 Å². The van der Waals surface area contributed by atoms with Gasteiger partial charge in [0.25, 0.3) is 11.7 Å². The number of halogens is 2. The number of fused-ring (bicyclic) bond motifs is 1. The summed E-state index contributed by atoms with van der Waals surface area (Å²) < 4.78 is 7.13. The van der Waals surface area contributed by atoms with Crippen LogP contribution in [0, 0.1) is 6.92 Å². The van der Waals surface area contributed by atoms with Gasteiger partial charge in [0, 0.05) is 23.2 Å². The van der Waals surface area contributed by atoms with Crippen molar-refractivity contribution >= 4 is 39.9 Å². The fraction of sp³-hybridized carbons (Fsp3) is 0.0870. The van der Waals surface area contributed by atoms with E-state index in [1.54, 1.807) is 12.1 Å². The third-order valence-corrected chi connectivity index (χ3v) is 5.70.